The van der Waals surface area contributed by atoms with Crippen molar-refractivity contribution in [3.63, 3.8) is 0 Å². The van der Waals surface area contributed by atoms with Gasteiger partial charge in [0.2, 0.25) is 0 Å². The van der Waals surface area contributed by atoms with Gasteiger partial charge in [-0.2, -0.15) is 11.3 Å². The predicted molar refractivity (Wildman–Crippen MR) is 70.9 cm³/mol. The van der Waals surface area contributed by atoms with Crippen molar-refractivity contribution in [3.05, 3.63) is 50.9 Å². The third kappa shape index (κ3) is 1.90. The number of benzene rings is 1. The zero-order chi connectivity index (χ0) is 11.0. The van der Waals surface area contributed by atoms with Crippen molar-refractivity contribution in [3.8, 4) is 0 Å². The highest BCUT2D eigenvalue weighted by molar-refractivity contribution is 9.10. The summed E-state index contributed by atoms with van der Waals surface area (Å²) < 4.78 is 1.07. The zero-order valence-electron chi connectivity index (χ0n) is 8.40. The first kappa shape index (κ1) is 10.1. The molecular weight excluding hydrogens is 284 g/mol. The van der Waals surface area contributed by atoms with Crippen LogP contribution in [0.25, 0.3) is 11.0 Å². The molecular formula is C12H9BrN2S. The van der Waals surface area contributed by atoms with Gasteiger partial charge in [0.1, 0.15) is 5.82 Å². The third-order valence-corrected chi connectivity index (χ3v) is 3.67. The molecule has 1 N–H and O–H groups in total. The molecule has 0 amide bonds. The quantitative estimate of drug-likeness (QED) is 0.760. The van der Waals surface area contributed by atoms with E-state index in [4.69, 9.17) is 0 Å². The number of fused-ring (bicyclic) bond motifs is 1. The molecule has 80 valence electrons. The van der Waals surface area contributed by atoms with E-state index in [9.17, 15) is 0 Å². The number of nitrogens with zero attached hydrogens (tertiary/aromatic N) is 1. The molecule has 4 heteroatoms. The number of hydrogen-bond donors (Lipinski definition) is 1. The Morgan fingerprint density at radius 2 is 2.25 bits per heavy atom. The van der Waals surface area contributed by atoms with E-state index < -0.39 is 0 Å². The predicted octanol–water partition coefficient (Wildman–Crippen LogP) is 3.98. The van der Waals surface area contributed by atoms with Crippen molar-refractivity contribution in [1.82, 2.24) is 9.97 Å². The number of imidazole rings is 1. The standard InChI is InChI=1S/C12H9BrN2S/c13-9-1-2-10-11(6-9)15-12(14-10)5-8-3-4-16-7-8/h1-4,6-7H,5H2,(H,14,15). The molecule has 2 nitrogen and oxygen atoms in total. The van der Waals surface area contributed by atoms with Crippen molar-refractivity contribution in [2.45, 2.75) is 6.42 Å². The van der Waals surface area contributed by atoms with E-state index in [0.29, 0.717) is 0 Å². The average molecular weight is 293 g/mol. The molecule has 0 aliphatic heterocycles. The summed E-state index contributed by atoms with van der Waals surface area (Å²) in [5.41, 5.74) is 3.41. The highest BCUT2D eigenvalue weighted by atomic mass is 79.9. The lowest BCUT2D eigenvalue weighted by Crippen LogP contribution is -1.87. The highest BCUT2D eigenvalue weighted by Gasteiger charge is 2.04. The summed E-state index contributed by atoms with van der Waals surface area (Å²) in [7, 11) is 0. The van der Waals surface area contributed by atoms with Gasteiger partial charge in [-0.15, -0.1) is 0 Å². The lowest BCUT2D eigenvalue weighted by molar-refractivity contribution is 1.04. The Morgan fingerprint density at radius 3 is 3.06 bits per heavy atom. The average Bonchev–Trinajstić information content (AvgIpc) is 2.86. The maximum absolute atomic E-state index is 4.56. The van der Waals surface area contributed by atoms with Gasteiger partial charge in [-0.1, -0.05) is 15.9 Å². The topological polar surface area (TPSA) is 28.7 Å². The Hall–Kier alpha value is -1.13. The Bertz CT molecular complexity index is 613. The first-order chi connectivity index (χ1) is 7.81. The van der Waals surface area contributed by atoms with Crippen LogP contribution in [0.2, 0.25) is 0 Å². The molecule has 0 aliphatic rings. The molecule has 0 spiro atoms. The molecule has 0 atom stereocenters. The van der Waals surface area contributed by atoms with Crippen LogP contribution >= 0.6 is 27.3 Å². The van der Waals surface area contributed by atoms with Gasteiger partial charge in [0, 0.05) is 10.9 Å². The van der Waals surface area contributed by atoms with Crippen LogP contribution in [0.5, 0.6) is 0 Å². The van der Waals surface area contributed by atoms with Crippen LogP contribution in [-0.2, 0) is 6.42 Å². The largest absolute Gasteiger partial charge is 0.342 e. The number of H-pyrrole nitrogens is 1. The number of halogens is 1. The number of aromatic nitrogens is 2. The van der Waals surface area contributed by atoms with E-state index in [-0.39, 0.29) is 0 Å². The minimum absolute atomic E-state index is 0.871. The highest BCUT2D eigenvalue weighted by Crippen LogP contribution is 2.19. The smallest absolute Gasteiger partial charge is 0.111 e. The Morgan fingerprint density at radius 1 is 1.31 bits per heavy atom. The Kier molecular flexibility index (Phi) is 2.53. The van der Waals surface area contributed by atoms with Crippen molar-refractivity contribution < 1.29 is 0 Å². The second-order valence-electron chi connectivity index (χ2n) is 3.65. The summed E-state index contributed by atoms with van der Waals surface area (Å²) >= 11 is 5.18. The number of rotatable bonds is 2. The van der Waals surface area contributed by atoms with E-state index in [1.165, 1.54) is 5.56 Å². The molecule has 1 aromatic carbocycles. The first-order valence-corrected chi connectivity index (χ1v) is 6.70. The molecule has 3 rings (SSSR count). The van der Waals surface area contributed by atoms with E-state index in [2.05, 4.69) is 48.8 Å². The van der Waals surface area contributed by atoms with Gasteiger partial charge in [-0.3, -0.25) is 0 Å². The number of nitrogens with one attached hydrogen (secondary N) is 1. The first-order valence-electron chi connectivity index (χ1n) is 4.96. The van der Waals surface area contributed by atoms with Crippen LogP contribution in [0.3, 0.4) is 0 Å². The van der Waals surface area contributed by atoms with Crippen LogP contribution in [-0.4, -0.2) is 9.97 Å². The fourth-order valence-electron chi connectivity index (χ4n) is 1.70. The molecule has 2 aromatic heterocycles. The molecule has 0 bridgehead atoms. The van der Waals surface area contributed by atoms with E-state index in [1.54, 1.807) is 11.3 Å². The number of hydrogen-bond acceptors (Lipinski definition) is 2. The Labute approximate surface area is 105 Å². The fourth-order valence-corrected chi connectivity index (χ4v) is 2.73. The van der Waals surface area contributed by atoms with Crippen molar-refractivity contribution in [2.75, 3.05) is 0 Å². The normalized spacial score (nSPS) is 11.1. The SMILES string of the molecule is Brc1ccc2nc(Cc3ccsc3)[nH]c2c1. The van der Waals surface area contributed by atoms with Crippen LogP contribution in [0.1, 0.15) is 11.4 Å². The van der Waals surface area contributed by atoms with Gasteiger partial charge < -0.3 is 4.98 Å². The fraction of sp³-hybridized carbons (Fsp3) is 0.0833. The lowest BCUT2D eigenvalue weighted by Gasteiger charge is -1.91. The third-order valence-electron chi connectivity index (χ3n) is 2.44. The maximum Gasteiger partial charge on any atom is 0.111 e. The second-order valence-corrected chi connectivity index (χ2v) is 5.35. The molecule has 2 heterocycles. The minimum atomic E-state index is 0.871. The lowest BCUT2D eigenvalue weighted by atomic mass is 10.2. The molecule has 0 radical (unpaired) electrons. The van der Waals surface area contributed by atoms with Gasteiger partial charge in [-0.05, 0) is 40.6 Å². The van der Waals surface area contributed by atoms with Crippen molar-refractivity contribution in [1.29, 1.82) is 0 Å². The minimum Gasteiger partial charge on any atom is -0.342 e. The molecule has 0 aliphatic carbocycles. The number of aromatic amines is 1. The molecule has 16 heavy (non-hydrogen) atoms. The van der Waals surface area contributed by atoms with Gasteiger partial charge in [0.25, 0.3) is 0 Å². The van der Waals surface area contributed by atoms with Gasteiger partial charge >= 0.3 is 0 Å². The van der Waals surface area contributed by atoms with E-state index in [1.807, 2.05) is 12.1 Å². The summed E-state index contributed by atoms with van der Waals surface area (Å²) in [6.45, 7) is 0. The van der Waals surface area contributed by atoms with Gasteiger partial charge in [0.15, 0.2) is 0 Å². The van der Waals surface area contributed by atoms with Crippen LogP contribution in [0.4, 0.5) is 0 Å². The van der Waals surface area contributed by atoms with Gasteiger partial charge in [0.05, 0.1) is 11.0 Å². The summed E-state index contributed by atoms with van der Waals surface area (Å²) in [5.74, 6) is 1.02. The number of thiophene rings is 1. The van der Waals surface area contributed by atoms with Crippen LogP contribution < -0.4 is 0 Å². The molecule has 0 fully saturated rings. The molecule has 3 aromatic rings. The summed E-state index contributed by atoms with van der Waals surface area (Å²) in [4.78, 5) is 7.90. The Balaban J connectivity index is 1.99. The zero-order valence-corrected chi connectivity index (χ0v) is 10.8. The second kappa shape index (κ2) is 4.03. The summed E-state index contributed by atoms with van der Waals surface area (Å²) in [5, 5.41) is 4.25. The summed E-state index contributed by atoms with van der Waals surface area (Å²) in [6.07, 6.45) is 0.871. The summed E-state index contributed by atoms with van der Waals surface area (Å²) in [6, 6.07) is 8.22. The van der Waals surface area contributed by atoms with Gasteiger partial charge in [-0.25, -0.2) is 4.98 Å². The van der Waals surface area contributed by atoms with E-state index in [0.717, 1.165) is 27.8 Å². The van der Waals surface area contributed by atoms with E-state index >= 15 is 0 Å². The molecule has 0 unspecified atom stereocenters. The van der Waals surface area contributed by atoms with Crippen molar-refractivity contribution in [2.24, 2.45) is 0 Å². The van der Waals surface area contributed by atoms with Crippen LogP contribution in [0, 0.1) is 0 Å². The monoisotopic (exact) mass is 292 g/mol. The molecule has 0 saturated carbocycles. The molecule has 0 saturated heterocycles. The van der Waals surface area contributed by atoms with Crippen molar-refractivity contribution >= 4 is 38.3 Å². The maximum atomic E-state index is 4.56. The van der Waals surface area contributed by atoms with Crippen LogP contribution in [0.15, 0.2) is 39.5 Å².